The van der Waals surface area contributed by atoms with Gasteiger partial charge in [0.15, 0.2) is 5.82 Å². The second-order valence-electron chi connectivity index (χ2n) is 3.40. The van der Waals surface area contributed by atoms with Gasteiger partial charge in [0.05, 0.1) is 12.1 Å². The van der Waals surface area contributed by atoms with Crippen LogP contribution in [0.25, 0.3) is 0 Å². The predicted molar refractivity (Wildman–Crippen MR) is 57.0 cm³/mol. The number of nitrogens with two attached hydrogens (primary N) is 1. The van der Waals surface area contributed by atoms with Crippen molar-refractivity contribution in [3.8, 4) is 6.07 Å². The van der Waals surface area contributed by atoms with Gasteiger partial charge in [0.2, 0.25) is 0 Å². The van der Waals surface area contributed by atoms with Gasteiger partial charge >= 0.3 is 0 Å². The molecule has 1 aromatic heterocycles. The molecular weight excluding hydrogens is 190 g/mol. The summed E-state index contributed by atoms with van der Waals surface area (Å²) in [6.45, 7) is 4.75. The zero-order valence-corrected chi connectivity index (χ0v) is 9.27. The molecule has 0 saturated heterocycles. The first kappa shape index (κ1) is 11.7. The molecule has 0 fully saturated rings. The third-order valence-corrected chi connectivity index (χ3v) is 2.24. The van der Waals surface area contributed by atoms with Crippen LogP contribution < -0.4 is 5.73 Å². The first-order chi connectivity index (χ1) is 7.21. The van der Waals surface area contributed by atoms with Crippen molar-refractivity contribution in [3.63, 3.8) is 0 Å². The number of hydrogen-bond donors (Lipinski definition) is 1. The molecule has 1 atom stereocenters. The van der Waals surface area contributed by atoms with Gasteiger partial charge in [0.25, 0.3) is 0 Å². The van der Waals surface area contributed by atoms with E-state index < -0.39 is 6.04 Å². The first-order valence-electron chi connectivity index (χ1n) is 5.29. The summed E-state index contributed by atoms with van der Waals surface area (Å²) in [4.78, 5) is 4.38. The molecule has 1 unspecified atom stereocenters. The Hall–Kier alpha value is -1.41. The second kappa shape index (κ2) is 5.47. The lowest BCUT2D eigenvalue weighted by molar-refractivity contribution is 0.530. The van der Waals surface area contributed by atoms with E-state index in [1.165, 1.54) is 0 Å². The predicted octanol–water partition coefficient (Wildman–Crippen LogP) is 0.644. The Morgan fingerprint density at radius 3 is 2.73 bits per heavy atom. The van der Waals surface area contributed by atoms with Gasteiger partial charge in [-0.05, 0) is 6.42 Å². The number of rotatable bonds is 5. The summed E-state index contributed by atoms with van der Waals surface area (Å²) in [5, 5.41) is 12.9. The van der Waals surface area contributed by atoms with E-state index >= 15 is 0 Å². The molecule has 0 spiro atoms. The number of aromatic nitrogens is 3. The van der Waals surface area contributed by atoms with Crippen molar-refractivity contribution in [1.29, 1.82) is 5.26 Å². The molecule has 0 bridgehead atoms. The highest BCUT2D eigenvalue weighted by molar-refractivity contribution is 4.93. The van der Waals surface area contributed by atoms with Crippen molar-refractivity contribution in [1.82, 2.24) is 14.8 Å². The van der Waals surface area contributed by atoms with E-state index in [0.717, 1.165) is 24.5 Å². The minimum atomic E-state index is -0.413. The maximum Gasteiger partial charge on any atom is 0.150 e. The fourth-order valence-corrected chi connectivity index (χ4v) is 1.34. The Morgan fingerprint density at radius 2 is 2.20 bits per heavy atom. The number of hydrogen-bond acceptors (Lipinski definition) is 4. The summed E-state index contributed by atoms with van der Waals surface area (Å²) in [6.07, 6.45) is 2.31. The fraction of sp³-hybridized carbons (Fsp3) is 0.700. The zero-order chi connectivity index (χ0) is 11.3. The molecule has 82 valence electrons. The van der Waals surface area contributed by atoms with Gasteiger partial charge in [-0.2, -0.15) is 10.4 Å². The summed E-state index contributed by atoms with van der Waals surface area (Å²) in [5.41, 5.74) is 5.53. The van der Waals surface area contributed by atoms with Crippen LogP contribution in [0.4, 0.5) is 0 Å². The Bertz CT molecular complexity index is 349. The number of nitrogens with zero attached hydrogens (tertiary/aromatic N) is 4. The van der Waals surface area contributed by atoms with Crippen LogP contribution in [0, 0.1) is 11.3 Å². The molecule has 1 heterocycles. The smallest absolute Gasteiger partial charge is 0.150 e. The largest absolute Gasteiger partial charge is 0.316 e. The molecule has 5 nitrogen and oxygen atoms in total. The minimum absolute atomic E-state index is 0.413. The lowest BCUT2D eigenvalue weighted by Gasteiger charge is -2.04. The van der Waals surface area contributed by atoms with Gasteiger partial charge in [-0.3, -0.25) is 0 Å². The van der Waals surface area contributed by atoms with Crippen LogP contribution in [-0.2, 0) is 19.4 Å². The quantitative estimate of drug-likeness (QED) is 0.768. The molecule has 0 radical (unpaired) electrons. The van der Waals surface area contributed by atoms with Crippen LogP contribution in [0.2, 0.25) is 0 Å². The number of nitriles is 1. The summed E-state index contributed by atoms with van der Waals surface area (Å²) in [5.74, 6) is 1.83. The molecule has 0 aliphatic rings. The molecule has 0 saturated carbocycles. The molecule has 0 aliphatic carbocycles. The van der Waals surface area contributed by atoms with Crippen molar-refractivity contribution in [2.24, 2.45) is 5.73 Å². The zero-order valence-electron chi connectivity index (χ0n) is 9.27. The highest BCUT2D eigenvalue weighted by atomic mass is 15.3. The molecule has 5 heteroatoms. The summed E-state index contributed by atoms with van der Waals surface area (Å²) < 4.78 is 1.86. The van der Waals surface area contributed by atoms with Crippen molar-refractivity contribution in [3.05, 3.63) is 11.6 Å². The SMILES string of the molecule is CCc1nc(CC)n(CCC(N)C#N)n1. The molecule has 1 rings (SSSR count). The molecule has 2 N–H and O–H groups in total. The Labute approximate surface area is 89.9 Å². The standard InChI is InChI=1S/C10H17N5/c1-3-9-13-10(4-2)15(14-9)6-5-8(12)7-11/h8H,3-6,12H2,1-2H3. The minimum Gasteiger partial charge on any atom is -0.316 e. The molecule has 0 aliphatic heterocycles. The summed E-state index contributed by atoms with van der Waals surface area (Å²) in [6, 6.07) is 1.60. The third-order valence-electron chi connectivity index (χ3n) is 2.24. The van der Waals surface area contributed by atoms with Crippen molar-refractivity contribution >= 4 is 0 Å². The highest BCUT2D eigenvalue weighted by Crippen LogP contribution is 2.02. The average molecular weight is 207 g/mol. The van der Waals surface area contributed by atoms with Crippen LogP contribution in [-0.4, -0.2) is 20.8 Å². The number of aryl methyl sites for hydroxylation is 3. The Morgan fingerprint density at radius 1 is 1.47 bits per heavy atom. The van der Waals surface area contributed by atoms with Crippen LogP contribution in [0.15, 0.2) is 0 Å². The van der Waals surface area contributed by atoms with E-state index in [1.54, 1.807) is 0 Å². The van der Waals surface area contributed by atoms with Crippen molar-refractivity contribution < 1.29 is 0 Å². The maximum absolute atomic E-state index is 8.57. The lowest BCUT2D eigenvalue weighted by atomic mass is 10.2. The lowest BCUT2D eigenvalue weighted by Crippen LogP contribution is -2.20. The fourth-order valence-electron chi connectivity index (χ4n) is 1.34. The molecule has 1 aromatic rings. The topological polar surface area (TPSA) is 80.5 Å². The van der Waals surface area contributed by atoms with E-state index in [2.05, 4.69) is 10.1 Å². The summed E-state index contributed by atoms with van der Waals surface area (Å²) >= 11 is 0. The molecular formula is C10H17N5. The van der Waals surface area contributed by atoms with Gasteiger partial charge in [-0.15, -0.1) is 0 Å². The van der Waals surface area contributed by atoms with Gasteiger partial charge in [0, 0.05) is 19.4 Å². The van der Waals surface area contributed by atoms with Crippen LogP contribution in [0.1, 0.15) is 31.9 Å². The molecule has 0 amide bonds. The van der Waals surface area contributed by atoms with E-state index in [4.69, 9.17) is 11.0 Å². The van der Waals surface area contributed by atoms with Gasteiger partial charge in [0.1, 0.15) is 5.82 Å². The normalized spacial score (nSPS) is 12.4. The van der Waals surface area contributed by atoms with Crippen molar-refractivity contribution in [2.75, 3.05) is 0 Å². The van der Waals surface area contributed by atoms with Crippen molar-refractivity contribution in [2.45, 2.75) is 45.7 Å². The van der Waals surface area contributed by atoms with E-state index in [0.29, 0.717) is 13.0 Å². The first-order valence-corrected chi connectivity index (χ1v) is 5.29. The van der Waals surface area contributed by atoms with Gasteiger partial charge in [-0.25, -0.2) is 9.67 Å². The van der Waals surface area contributed by atoms with Gasteiger partial charge in [-0.1, -0.05) is 13.8 Å². The second-order valence-corrected chi connectivity index (χ2v) is 3.40. The maximum atomic E-state index is 8.57. The molecule has 15 heavy (non-hydrogen) atoms. The molecule has 0 aromatic carbocycles. The summed E-state index contributed by atoms with van der Waals surface area (Å²) in [7, 11) is 0. The Kier molecular flexibility index (Phi) is 4.25. The van der Waals surface area contributed by atoms with Crippen LogP contribution >= 0.6 is 0 Å². The van der Waals surface area contributed by atoms with E-state index in [-0.39, 0.29) is 0 Å². The Balaban J connectivity index is 2.67. The van der Waals surface area contributed by atoms with Crippen LogP contribution in [0.3, 0.4) is 0 Å². The third kappa shape index (κ3) is 3.03. The van der Waals surface area contributed by atoms with E-state index in [9.17, 15) is 0 Å². The van der Waals surface area contributed by atoms with E-state index in [1.807, 2.05) is 24.6 Å². The monoisotopic (exact) mass is 207 g/mol. The van der Waals surface area contributed by atoms with Crippen LogP contribution in [0.5, 0.6) is 0 Å². The highest BCUT2D eigenvalue weighted by Gasteiger charge is 2.08. The van der Waals surface area contributed by atoms with Gasteiger partial charge < -0.3 is 5.73 Å². The average Bonchev–Trinajstić information content (AvgIpc) is 2.68.